The van der Waals surface area contributed by atoms with Crippen LogP contribution in [0.1, 0.15) is 18.9 Å². The SMILES string of the molecule is CN(C)c1ccc(-c2n[nH]c(=S)n2C2CC2)cc1. The molecule has 1 aliphatic rings. The van der Waals surface area contributed by atoms with Crippen molar-refractivity contribution in [2.24, 2.45) is 0 Å². The van der Waals surface area contributed by atoms with E-state index in [1.54, 1.807) is 0 Å². The van der Waals surface area contributed by atoms with Crippen molar-refractivity contribution in [3.8, 4) is 11.4 Å². The standard InChI is InChI=1S/C13H16N4S/c1-16(2)10-5-3-9(4-6-10)12-14-15-13(18)17(12)11-7-8-11/h3-6,11H,7-8H2,1-2H3,(H,15,18). The highest BCUT2D eigenvalue weighted by Crippen LogP contribution is 2.38. The van der Waals surface area contributed by atoms with E-state index in [0.29, 0.717) is 6.04 Å². The smallest absolute Gasteiger partial charge is 0.195 e. The molecule has 1 N–H and O–H groups in total. The lowest BCUT2D eigenvalue weighted by Gasteiger charge is -2.12. The Morgan fingerprint density at radius 1 is 1.28 bits per heavy atom. The minimum Gasteiger partial charge on any atom is -0.378 e. The van der Waals surface area contributed by atoms with E-state index >= 15 is 0 Å². The van der Waals surface area contributed by atoms with E-state index < -0.39 is 0 Å². The highest BCUT2D eigenvalue weighted by atomic mass is 32.1. The van der Waals surface area contributed by atoms with Crippen molar-refractivity contribution in [3.05, 3.63) is 29.0 Å². The second-order valence-corrected chi connectivity index (χ2v) is 5.28. The third-order valence-electron chi connectivity index (χ3n) is 3.26. The summed E-state index contributed by atoms with van der Waals surface area (Å²) in [6.45, 7) is 0. The average molecular weight is 260 g/mol. The molecule has 2 aromatic rings. The Morgan fingerprint density at radius 2 is 1.94 bits per heavy atom. The molecule has 0 aliphatic heterocycles. The van der Waals surface area contributed by atoms with Crippen molar-refractivity contribution in [1.82, 2.24) is 14.8 Å². The minimum atomic E-state index is 0.541. The molecule has 1 aromatic heterocycles. The van der Waals surface area contributed by atoms with Crippen LogP contribution >= 0.6 is 12.2 Å². The average Bonchev–Trinajstić information content (AvgIpc) is 3.13. The number of anilines is 1. The topological polar surface area (TPSA) is 36.9 Å². The maximum Gasteiger partial charge on any atom is 0.195 e. The Bertz CT molecular complexity index is 605. The summed E-state index contributed by atoms with van der Waals surface area (Å²) in [6, 6.07) is 8.94. The Kier molecular flexibility index (Phi) is 2.70. The first-order valence-corrected chi connectivity index (χ1v) is 6.52. The molecule has 0 unspecified atom stereocenters. The van der Waals surface area contributed by atoms with E-state index in [2.05, 4.69) is 43.9 Å². The fourth-order valence-corrected chi connectivity index (χ4v) is 2.37. The van der Waals surface area contributed by atoms with Crippen molar-refractivity contribution in [2.75, 3.05) is 19.0 Å². The Morgan fingerprint density at radius 3 is 2.50 bits per heavy atom. The number of benzene rings is 1. The maximum absolute atomic E-state index is 5.29. The van der Waals surface area contributed by atoms with Crippen molar-refractivity contribution < 1.29 is 0 Å². The summed E-state index contributed by atoms with van der Waals surface area (Å²) < 4.78 is 2.86. The largest absolute Gasteiger partial charge is 0.378 e. The number of H-pyrrole nitrogens is 1. The van der Waals surface area contributed by atoms with Gasteiger partial charge in [-0.25, -0.2) is 0 Å². The highest BCUT2D eigenvalue weighted by molar-refractivity contribution is 7.71. The van der Waals surface area contributed by atoms with Crippen LogP contribution in [0.15, 0.2) is 24.3 Å². The number of hydrogen-bond acceptors (Lipinski definition) is 3. The highest BCUT2D eigenvalue weighted by Gasteiger charge is 2.27. The van der Waals surface area contributed by atoms with Gasteiger partial charge in [0.2, 0.25) is 0 Å². The Labute approximate surface area is 111 Å². The first kappa shape index (κ1) is 11.5. The van der Waals surface area contributed by atoms with Gasteiger partial charge in [-0.05, 0) is 49.3 Å². The van der Waals surface area contributed by atoms with Crippen LogP contribution in [0.25, 0.3) is 11.4 Å². The molecule has 18 heavy (non-hydrogen) atoms. The fourth-order valence-electron chi connectivity index (χ4n) is 2.09. The van der Waals surface area contributed by atoms with Gasteiger partial charge in [0.15, 0.2) is 10.6 Å². The molecule has 1 aliphatic carbocycles. The minimum absolute atomic E-state index is 0.541. The van der Waals surface area contributed by atoms with E-state index in [1.165, 1.54) is 18.5 Å². The number of aromatic amines is 1. The van der Waals surface area contributed by atoms with Gasteiger partial charge in [-0.2, -0.15) is 5.10 Å². The fraction of sp³-hybridized carbons (Fsp3) is 0.385. The van der Waals surface area contributed by atoms with E-state index in [1.807, 2.05) is 14.1 Å². The molecule has 1 saturated carbocycles. The van der Waals surface area contributed by atoms with Gasteiger partial charge in [0.1, 0.15) is 0 Å². The monoisotopic (exact) mass is 260 g/mol. The number of nitrogens with one attached hydrogen (secondary N) is 1. The summed E-state index contributed by atoms with van der Waals surface area (Å²) in [5.74, 6) is 0.952. The zero-order chi connectivity index (χ0) is 12.7. The summed E-state index contributed by atoms with van der Waals surface area (Å²) in [7, 11) is 4.07. The normalized spacial score (nSPS) is 14.8. The van der Waals surface area contributed by atoms with Crippen LogP contribution in [-0.4, -0.2) is 28.9 Å². The van der Waals surface area contributed by atoms with Crippen molar-refractivity contribution >= 4 is 17.9 Å². The molecule has 1 heterocycles. The predicted molar refractivity (Wildman–Crippen MR) is 75.4 cm³/mol. The summed E-state index contributed by atoms with van der Waals surface area (Å²) in [6.07, 6.45) is 2.41. The van der Waals surface area contributed by atoms with E-state index in [0.717, 1.165) is 16.2 Å². The lowest BCUT2D eigenvalue weighted by Crippen LogP contribution is -2.08. The molecular weight excluding hydrogens is 244 g/mol. The number of rotatable bonds is 3. The molecule has 5 heteroatoms. The van der Waals surface area contributed by atoms with Gasteiger partial charge in [0.25, 0.3) is 0 Å². The Hall–Kier alpha value is -1.62. The number of aromatic nitrogens is 3. The predicted octanol–water partition coefficient (Wildman–Crippen LogP) is 3.01. The lowest BCUT2D eigenvalue weighted by atomic mass is 10.2. The molecule has 0 bridgehead atoms. The third-order valence-corrected chi connectivity index (χ3v) is 3.55. The second kappa shape index (κ2) is 4.24. The first-order valence-electron chi connectivity index (χ1n) is 6.11. The maximum atomic E-state index is 5.29. The summed E-state index contributed by atoms with van der Waals surface area (Å²) in [5.41, 5.74) is 2.30. The van der Waals surface area contributed by atoms with Crippen LogP contribution in [0, 0.1) is 4.77 Å². The van der Waals surface area contributed by atoms with Crippen LogP contribution in [0.4, 0.5) is 5.69 Å². The van der Waals surface area contributed by atoms with Gasteiger partial charge in [-0.15, -0.1) is 0 Å². The van der Waals surface area contributed by atoms with Gasteiger partial charge >= 0.3 is 0 Å². The van der Waals surface area contributed by atoms with Crippen LogP contribution in [0.3, 0.4) is 0 Å². The molecular formula is C13H16N4S. The Balaban J connectivity index is 2.02. The molecule has 0 spiro atoms. The van der Waals surface area contributed by atoms with Gasteiger partial charge in [0, 0.05) is 31.4 Å². The van der Waals surface area contributed by atoms with Gasteiger partial charge < -0.3 is 4.90 Å². The van der Waals surface area contributed by atoms with Gasteiger partial charge in [0.05, 0.1) is 0 Å². The molecule has 1 aromatic carbocycles. The molecule has 0 saturated heterocycles. The summed E-state index contributed by atoms with van der Waals surface area (Å²) in [5, 5.41) is 7.25. The van der Waals surface area contributed by atoms with Crippen LogP contribution in [-0.2, 0) is 0 Å². The van der Waals surface area contributed by atoms with E-state index in [4.69, 9.17) is 12.2 Å². The molecule has 94 valence electrons. The first-order chi connectivity index (χ1) is 8.66. The van der Waals surface area contributed by atoms with Crippen LogP contribution < -0.4 is 4.90 Å². The van der Waals surface area contributed by atoms with Crippen LogP contribution in [0.5, 0.6) is 0 Å². The summed E-state index contributed by atoms with van der Waals surface area (Å²) >= 11 is 5.29. The van der Waals surface area contributed by atoms with Crippen molar-refractivity contribution in [1.29, 1.82) is 0 Å². The zero-order valence-corrected chi connectivity index (χ0v) is 11.4. The number of hydrogen-bond donors (Lipinski definition) is 1. The molecule has 3 rings (SSSR count). The summed E-state index contributed by atoms with van der Waals surface area (Å²) in [4.78, 5) is 2.09. The van der Waals surface area contributed by atoms with E-state index in [-0.39, 0.29) is 0 Å². The number of nitrogens with zero attached hydrogens (tertiary/aromatic N) is 3. The lowest BCUT2D eigenvalue weighted by molar-refractivity contribution is 0.735. The zero-order valence-electron chi connectivity index (χ0n) is 10.6. The van der Waals surface area contributed by atoms with Gasteiger partial charge in [-0.3, -0.25) is 9.67 Å². The van der Waals surface area contributed by atoms with E-state index in [9.17, 15) is 0 Å². The molecule has 4 nitrogen and oxygen atoms in total. The van der Waals surface area contributed by atoms with Crippen molar-refractivity contribution in [2.45, 2.75) is 18.9 Å². The van der Waals surface area contributed by atoms with Gasteiger partial charge in [-0.1, -0.05) is 0 Å². The molecule has 0 atom stereocenters. The van der Waals surface area contributed by atoms with Crippen LogP contribution in [0.2, 0.25) is 0 Å². The quantitative estimate of drug-likeness (QED) is 0.862. The molecule has 0 amide bonds. The second-order valence-electron chi connectivity index (χ2n) is 4.89. The third kappa shape index (κ3) is 1.95. The molecule has 0 radical (unpaired) electrons. The molecule has 1 fully saturated rings. The van der Waals surface area contributed by atoms with Crippen molar-refractivity contribution in [3.63, 3.8) is 0 Å².